The third-order valence-electron chi connectivity index (χ3n) is 2.53. The van der Waals surface area contributed by atoms with Crippen LogP contribution in [0, 0.1) is 4.91 Å². The molecule has 1 aliphatic heterocycles. The maximum absolute atomic E-state index is 11.4. The van der Waals surface area contributed by atoms with Crippen LogP contribution in [-0.4, -0.2) is 38.3 Å². The number of nitrogens with two attached hydrogens (primary N) is 1. The third-order valence-corrected chi connectivity index (χ3v) is 2.53. The summed E-state index contributed by atoms with van der Waals surface area (Å²) in [6.07, 6.45) is -2.38. The molecule has 4 atom stereocenters. The van der Waals surface area contributed by atoms with Crippen LogP contribution in [0.15, 0.2) is 12.3 Å². The number of aliphatic hydroxyl groups is 2. The van der Waals surface area contributed by atoms with Gasteiger partial charge < -0.3 is 20.7 Å². The molecule has 1 aliphatic rings. The highest BCUT2D eigenvalue weighted by Crippen LogP contribution is 2.27. The van der Waals surface area contributed by atoms with Gasteiger partial charge >= 0.3 is 0 Å². The first-order valence-corrected chi connectivity index (χ1v) is 4.80. The molecule has 16 heavy (non-hydrogen) atoms. The van der Waals surface area contributed by atoms with E-state index >= 15 is 0 Å². The van der Waals surface area contributed by atoms with E-state index < -0.39 is 24.5 Å². The number of hydrogen-bond acceptors (Lipinski definition) is 6. The number of aromatic nitrogens is 3. The van der Waals surface area contributed by atoms with Gasteiger partial charge in [-0.15, -0.1) is 0 Å². The molecule has 0 unspecified atom stereocenters. The number of ether oxygens (including phenoxy) is 1. The van der Waals surface area contributed by atoms with Crippen molar-refractivity contribution in [1.29, 1.82) is 0 Å². The van der Waals surface area contributed by atoms with Crippen LogP contribution >= 0.6 is 0 Å². The van der Waals surface area contributed by atoms with Crippen molar-refractivity contribution in [3.63, 3.8) is 0 Å². The van der Waals surface area contributed by atoms with E-state index in [0.717, 1.165) is 4.68 Å². The van der Waals surface area contributed by atoms with Crippen molar-refractivity contribution in [2.45, 2.75) is 31.5 Å². The van der Waals surface area contributed by atoms with Crippen LogP contribution in [0.3, 0.4) is 0 Å². The Kier molecular flexibility index (Phi) is 2.62. The topological polar surface area (TPSA) is 116 Å². The van der Waals surface area contributed by atoms with Gasteiger partial charge in [-0.3, -0.25) is 0 Å². The molecule has 0 aliphatic carbocycles. The number of nitrogens with zero attached hydrogens (tertiary/aromatic N) is 3. The Morgan fingerprint density at radius 3 is 2.75 bits per heavy atom. The third kappa shape index (κ3) is 1.66. The minimum absolute atomic E-state index is 0.0623. The lowest BCUT2D eigenvalue weighted by Crippen LogP contribution is -2.41. The Morgan fingerprint density at radius 1 is 1.56 bits per heavy atom. The lowest BCUT2D eigenvalue weighted by molar-refractivity contribution is -0.668. The first kappa shape index (κ1) is 11.0. The number of rotatable bonds is 1. The van der Waals surface area contributed by atoms with Crippen molar-refractivity contribution in [2.75, 3.05) is 5.73 Å². The molecule has 8 heteroatoms. The second-order valence-electron chi connectivity index (χ2n) is 3.69. The zero-order chi connectivity index (χ0) is 11.9. The van der Waals surface area contributed by atoms with E-state index in [1.165, 1.54) is 12.3 Å². The Labute approximate surface area is 90.5 Å². The van der Waals surface area contributed by atoms with Crippen molar-refractivity contribution in [3.05, 3.63) is 17.2 Å². The summed E-state index contributed by atoms with van der Waals surface area (Å²) in [5, 5.41) is 22.6. The molecule has 0 aromatic carbocycles. The van der Waals surface area contributed by atoms with Gasteiger partial charge in [-0.05, 0) is 6.92 Å². The summed E-state index contributed by atoms with van der Waals surface area (Å²) in [6.45, 7) is 1.61. The summed E-state index contributed by atoms with van der Waals surface area (Å²) in [6, 6.07) is 1.40. The van der Waals surface area contributed by atoms with Gasteiger partial charge in [0.15, 0.2) is 0 Å². The molecule has 1 aromatic rings. The summed E-state index contributed by atoms with van der Waals surface area (Å²) in [5.74, 6) is 0.0623. The normalized spacial score (nSPS) is 34.2. The molecule has 8 nitrogen and oxygen atoms in total. The van der Waals surface area contributed by atoms with E-state index in [-0.39, 0.29) is 10.5 Å². The highest BCUT2D eigenvalue weighted by Gasteiger charge is 2.44. The largest absolute Gasteiger partial charge is 0.388 e. The molecule has 1 saturated heterocycles. The fourth-order valence-corrected chi connectivity index (χ4v) is 1.62. The van der Waals surface area contributed by atoms with Crippen molar-refractivity contribution >= 4 is 5.82 Å². The number of aliphatic hydroxyl groups excluding tert-OH is 2. The van der Waals surface area contributed by atoms with Gasteiger partial charge in [-0.25, -0.2) is 0 Å². The monoisotopic (exact) mass is 229 g/mol. The molecule has 88 valence electrons. The van der Waals surface area contributed by atoms with E-state index in [4.69, 9.17) is 10.5 Å². The number of anilines is 1. The maximum atomic E-state index is 11.4. The van der Waals surface area contributed by atoms with Gasteiger partial charge in [0.1, 0.15) is 17.3 Å². The maximum Gasteiger partial charge on any atom is 0.289 e. The number of hydrogen-bond donors (Lipinski definition) is 3. The van der Waals surface area contributed by atoms with Crippen LogP contribution in [0.1, 0.15) is 13.2 Å². The van der Waals surface area contributed by atoms with Gasteiger partial charge in [-0.1, -0.05) is 4.68 Å². The van der Waals surface area contributed by atoms with Crippen molar-refractivity contribution in [3.8, 4) is 0 Å². The van der Waals surface area contributed by atoms with Gasteiger partial charge in [0.2, 0.25) is 12.0 Å². The second-order valence-corrected chi connectivity index (χ2v) is 3.69. The SMILES string of the molecule is C[C@H]1O[C@@H](n2ccc(N)n[n+]2=O)[C@H](O)[C@@H]1O. The predicted molar refractivity (Wildman–Crippen MR) is 51.6 cm³/mol. The van der Waals surface area contributed by atoms with Crippen molar-refractivity contribution < 1.29 is 19.6 Å². The molecule has 2 heterocycles. The molecule has 0 amide bonds. The zero-order valence-electron chi connectivity index (χ0n) is 8.59. The van der Waals surface area contributed by atoms with Crippen LogP contribution < -0.4 is 10.4 Å². The Morgan fingerprint density at radius 2 is 2.25 bits per heavy atom. The van der Waals surface area contributed by atoms with E-state index in [1.54, 1.807) is 6.92 Å². The second kappa shape index (κ2) is 3.81. The fraction of sp³-hybridized carbons (Fsp3) is 0.625. The molecule has 1 aromatic heterocycles. The first-order valence-electron chi connectivity index (χ1n) is 4.80. The lowest BCUT2D eigenvalue weighted by atomic mass is 10.1. The zero-order valence-corrected chi connectivity index (χ0v) is 8.59. The molecule has 0 spiro atoms. The van der Waals surface area contributed by atoms with Gasteiger partial charge in [0.05, 0.1) is 17.2 Å². The summed E-state index contributed by atoms with van der Waals surface area (Å²) in [4.78, 5) is 11.4. The summed E-state index contributed by atoms with van der Waals surface area (Å²) in [7, 11) is 0. The molecule has 0 radical (unpaired) electrons. The molecule has 0 saturated carbocycles. The average molecular weight is 229 g/mol. The summed E-state index contributed by atoms with van der Waals surface area (Å²) in [5.41, 5.74) is 5.32. The Balaban J connectivity index is 2.35. The smallest absolute Gasteiger partial charge is 0.289 e. The van der Waals surface area contributed by atoms with Crippen molar-refractivity contribution in [1.82, 2.24) is 9.78 Å². The number of nitrogen functional groups attached to an aromatic ring is 1. The minimum Gasteiger partial charge on any atom is -0.388 e. The van der Waals surface area contributed by atoms with Crippen molar-refractivity contribution in [2.24, 2.45) is 0 Å². The van der Waals surface area contributed by atoms with Crippen LogP contribution in [0.25, 0.3) is 0 Å². The van der Waals surface area contributed by atoms with E-state index in [9.17, 15) is 15.1 Å². The molecular formula is C8H13N4O4+. The highest BCUT2D eigenvalue weighted by atomic mass is 16.6. The molecular weight excluding hydrogens is 216 g/mol. The van der Waals surface area contributed by atoms with Crippen LogP contribution in [0.4, 0.5) is 5.82 Å². The first-order chi connectivity index (χ1) is 7.50. The Bertz CT molecular complexity index is 448. The highest BCUT2D eigenvalue weighted by molar-refractivity contribution is 5.20. The molecule has 1 fully saturated rings. The van der Waals surface area contributed by atoms with E-state index in [1.807, 2.05) is 0 Å². The van der Waals surface area contributed by atoms with Crippen LogP contribution in [-0.2, 0) is 4.74 Å². The average Bonchev–Trinajstić information content (AvgIpc) is 2.46. The fourth-order valence-electron chi connectivity index (χ4n) is 1.62. The van der Waals surface area contributed by atoms with E-state index in [2.05, 4.69) is 5.10 Å². The predicted octanol–water partition coefficient (Wildman–Crippen LogP) is -1.98. The van der Waals surface area contributed by atoms with Gasteiger partial charge in [0, 0.05) is 6.07 Å². The molecule has 4 N–H and O–H groups in total. The van der Waals surface area contributed by atoms with E-state index in [0.29, 0.717) is 0 Å². The summed E-state index contributed by atoms with van der Waals surface area (Å²) >= 11 is 0. The quantitative estimate of drug-likeness (QED) is 0.480. The summed E-state index contributed by atoms with van der Waals surface area (Å²) < 4.78 is 6.49. The van der Waals surface area contributed by atoms with Crippen LogP contribution in [0.5, 0.6) is 0 Å². The Hall–Kier alpha value is -1.51. The van der Waals surface area contributed by atoms with Crippen LogP contribution in [0.2, 0.25) is 0 Å². The molecule has 2 rings (SSSR count). The van der Waals surface area contributed by atoms with Gasteiger partial charge in [-0.2, -0.15) is 0 Å². The minimum atomic E-state index is -1.18. The molecule has 0 bridgehead atoms. The van der Waals surface area contributed by atoms with Gasteiger partial charge in [0.25, 0.3) is 4.66 Å². The standard InChI is InChI=1S/C8H13N4O4/c1-4-6(13)7(14)8(16-4)11-3-2-5(9)10-12(11)15/h2-4,6-8,13-14H,1H3,(H2,9,10,15)/q+1/t4-,6-,7-,8-/m1/s1. The lowest BCUT2D eigenvalue weighted by Gasteiger charge is -2.10.